The molecule has 1 aromatic carbocycles. The number of aryl methyl sites for hydroxylation is 1. The Labute approximate surface area is 91.5 Å². The summed E-state index contributed by atoms with van der Waals surface area (Å²) in [5.41, 5.74) is 0.517. The molecule has 0 heterocycles. The van der Waals surface area contributed by atoms with Crippen molar-refractivity contribution in [3.63, 3.8) is 0 Å². The molecule has 0 saturated carbocycles. The van der Waals surface area contributed by atoms with Gasteiger partial charge in [0, 0.05) is 0 Å². The molecule has 1 rings (SSSR count). The highest BCUT2D eigenvalue weighted by molar-refractivity contribution is 5.48. The number of hydrogen-bond acceptors (Lipinski definition) is 1. The van der Waals surface area contributed by atoms with Gasteiger partial charge in [0.05, 0.1) is 11.6 Å². The van der Waals surface area contributed by atoms with E-state index in [4.69, 9.17) is 0 Å². The Hall–Kier alpha value is -1.52. The van der Waals surface area contributed by atoms with Crippen LogP contribution < -0.4 is 5.32 Å². The van der Waals surface area contributed by atoms with Crippen molar-refractivity contribution < 1.29 is 18.0 Å². The van der Waals surface area contributed by atoms with E-state index in [1.165, 1.54) is 6.07 Å². The Morgan fingerprint density at radius 2 is 2.00 bits per heavy atom. The summed E-state index contributed by atoms with van der Waals surface area (Å²) in [5, 5.41) is 2.50. The first-order valence-electron chi connectivity index (χ1n) is 4.73. The molecule has 1 aromatic rings. The lowest BCUT2D eigenvalue weighted by atomic mass is 10.00. The second-order valence-electron chi connectivity index (χ2n) is 3.58. The van der Waals surface area contributed by atoms with Crippen LogP contribution in [-0.2, 0) is 11.0 Å². The quantitative estimate of drug-likeness (QED) is 0.796. The molecule has 5 heteroatoms. The average molecular weight is 231 g/mol. The highest BCUT2D eigenvalue weighted by Crippen LogP contribution is 2.31. The number of amides is 1. The van der Waals surface area contributed by atoms with Crippen LogP contribution in [-0.4, -0.2) is 6.41 Å². The Morgan fingerprint density at radius 3 is 2.44 bits per heavy atom. The summed E-state index contributed by atoms with van der Waals surface area (Å²) < 4.78 is 37.1. The molecule has 0 fully saturated rings. The van der Waals surface area contributed by atoms with Gasteiger partial charge in [-0.05, 0) is 37.1 Å². The van der Waals surface area contributed by atoms with E-state index >= 15 is 0 Å². The zero-order valence-electron chi connectivity index (χ0n) is 8.93. The molecule has 2 nitrogen and oxygen atoms in total. The van der Waals surface area contributed by atoms with Crippen molar-refractivity contribution in [2.45, 2.75) is 26.1 Å². The lowest BCUT2D eigenvalue weighted by Gasteiger charge is -2.15. The molecular weight excluding hydrogens is 219 g/mol. The van der Waals surface area contributed by atoms with E-state index in [-0.39, 0.29) is 6.04 Å². The molecule has 1 atom stereocenters. The van der Waals surface area contributed by atoms with Crippen LogP contribution in [0.25, 0.3) is 0 Å². The molecule has 0 aliphatic heterocycles. The fourth-order valence-corrected chi connectivity index (χ4v) is 1.53. The van der Waals surface area contributed by atoms with Gasteiger partial charge in [-0.15, -0.1) is 0 Å². The van der Waals surface area contributed by atoms with Gasteiger partial charge in [-0.3, -0.25) is 4.79 Å². The van der Waals surface area contributed by atoms with Crippen molar-refractivity contribution in [2.75, 3.05) is 0 Å². The Bertz CT molecular complexity index is 387. The number of alkyl halides is 3. The largest absolute Gasteiger partial charge is 0.416 e. The van der Waals surface area contributed by atoms with E-state index in [0.717, 1.165) is 12.1 Å². The van der Waals surface area contributed by atoms with E-state index < -0.39 is 11.7 Å². The molecule has 0 bridgehead atoms. The van der Waals surface area contributed by atoms with Crippen LogP contribution in [0.1, 0.15) is 29.7 Å². The van der Waals surface area contributed by atoms with E-state index in [2.05, 4.69) is 5.32 Å². The minimum absolute atomic E-state index is 0.292. The zero-order valence-corrected chi connectivity index (χ0v) is 8.93. The Morgan fingerprint density at radius 1 is 1.38 bits per heavy atom. The summed E-state index contributed by atoms with van der Waals surface area (Å²) in [6.07, 6.45) is -3.80. The molecule has 0 saturated heterocycles. The molecule has 88 valence electrons. The average Bonchev–Trinajstić information content (AvgIpc) is 2.16. The van der Waals surface area contributed by atoms with Gasteiger partial charge in [-0.2, -0.15) is 13.2 Å². The summed E-state index contributed by atoms with van der Waals surface area (Å²) in [7, 11) is 0. The summed E-state index contributed by atoms with van der Waals surface area (Å²) >= 11 is 0. The van der Waals surface area contributed by atoms with Gasteiger partial charge in [0.1, 0.15) is 0 Å². The van der Waals surface area contributed by atoms with Gasteiger partial charge in [0.25, 0.3) is 0 Å². The van der Waals surface area contributed by atoms with E-state index in [1.54, 1.807) is 13.8 Å². The summed E-state index contributed by atoms with van der Waals surface area (Å²) in [5.74, 6) is 0. The van der Waals surface area contributed by atoms with Gasteiger partial charge in [0.2, 0.25) is 6.41 Å². The van der Waals surface area contributed by atoms with Gasteiger partial charge < -0.3 is 5.32 Å². The highest BCUT2D eigenvalue weighted by atomic mass is 19.4. The number of carbonyl (C=O) groups is 1. The van der Waals surface area contributed by atoms with E-state index in [1.807, 2.05) is 0 Å². The van der Waals surface area contributed by atoms with Crippen LogP contribution in [0.3, 0.4) is 0 Å². The van der Waals surface area contributed by atoms with Gasteiger partial charge in [-0.1, -0.05) is 6.07 Å². The molecule has 1 amide bonds. The Kier molecular flexibility index (Phi) is 3.57. The van der Waals surface area contributed by atoms with Gasteiger partial charge in [-0.25, -0.2) is 0 Å². The van der Waals surface area contributed by atoms with Crippen molar-refractivity contribution in [1.29, 1.82) is 0 Å². The smallest absolute Gasteiger partial charge is 0.352 e. The minimum atomic E-state index is -4.33. The van der Waals surface area contributed by atoms with Gasteiger partial charge in [0.15, 0.2) is 0 Å². The molecule has 16 heavy (non-hydrogen) atoms. The third-order valence-electron chi connectivity index (χ3n) is 2.38. The topological polar surface area (TPSA) is 29.1 Å². The molecule has 0 radical (unpaired) electrons. The summed E-state index contributed by atoms with van der Waals surface area (Å²) in [6, 6.07) is 3.20. The molecule has 1 N–H and O–H groups in total. The summed E-state index contributed by atoms with van der Waals surface area (Å²) in [4.78, 5) is 10.2. The lowest BCUT2D eigenvalue weighted by Crippen LogP contribution is -2.17. The number of rotatable bonds is 3. The van der Waals surface area contributed by atoms with Crippen LogP contribution in [0.4, 0.5) is 13.2 Å². The first-order valence-corrected chi connectivity index (χ1v) is 4.73. The van der Waals surface area contributed by atoms with Gasteiger partial charge >= 0.3 is 6.18 Å². The molecule has 1 unspecified atom stereocenters. The van der Waals surface area contributed by atoms with Crippen molar-refractivity contribution in [3.05, 3.63) is 34.9 Å². The third kappa shape index (κ3) is 2.74. The second kappa shape index (κ2) is 4.55. The standard InChI is InChI=1S/C11H12F3NO/c1-7-5-9(11(12,13)14)3-4-10(7)8(2)15-6-16/h3-6,8H,1-2H3,(H,15,16). The maximum atomic E-state index is 12.4. The SMILES string of the molecule is Cc1cc(C(F)(F)F)ccc1C(C)NC=O. The number of nitrogens with one attached hydrogen (secondary N) is 1. The second-order valence-corrected chi connectivity index (χ2v) is 3.58. The maximum Gasteiger partial charge on any atom is 0.416 e. The monoisotopic (exact) mass is 231 g/mol. The lowest BCUT2D eigenvalue weighted by molar-refractivity contribution is -0.137. The number of hydrogen-bond donors (Lipinski definition) is 1. The first kappa shape index (κ1) is 12.5. The summed E-state index contributed by atoms with van der Waals surface area (Å²) in [6.45, 7) is 3.30. The zero-order chi connectivity index (χ0) is 12.3. The number of carbonyl (C=O) groups excluding carboxylic acids is 1. The van der Waals surface area contributed by atoms with Crippen LogP contribution in [0, 0.1) is 6.92 Å². The maximum absolute atomic E-state index is 12.4. The van der Waals surface area contributed by atoms with Crippen molar-refractivity contribution >= 4 is 6.41 Å². The molecule has 0 aliphatic carbocycles. The molecule has 0 spiro atoms. The molecule has 0 aliphatic rings. The Balaban J connectivity index is 3.05. The van der Waals surface area contributed by atoms with Crippen LogP contribution in [0.2, 0.25) is 0 Å². The van der Waals surface area contributed by atoms with E-state index in [9.17, 15) is 18.0 Å². The molecular formula is C11H12F3NO. The fourth-order valence-electron chi connectivity index (χ4n) is 1.53. The van der Waals surface area contributed by atoms with Crippen molar-refractivity contribution in [3.8, 4) is 0 Å². The first-order chi connectivity index (χ1) is 7.36. The van der Waals surface area contributed by atoms with Crippen LogP contribution in [0.15, 0.2) is 18.2 Å². The van der Waals surface area contributed by atoms with E-state index in [0.29, 0.717) is 17.5 Å². The molecule has 0 aromatic heterocycles. The number of benzene rings is 1. The van der Waals surface area contributed by atoms with Crippen LogP contribution >= 0.6 is 0 Å². The normalized spacial score (nSPS) is 13.3. The third-order valence-corrected chi connectivity index (χ3v) is 2.38. The minimum Gasteiger partial charge on any atom is -0.352 e. The predicted molar refractivity (Wildman–Crippen MR) is 53.8 cm³/mol. The highest BCUT2D eigenvalue weighted by Gasteiger charge is 2.30. The predicted octanol–water partition coefficient (Wildman–Crippen LogP) is 2.82. The van der Waals surface area contributed by atoms with Crippen molar-refractivity contribution in [2.24, 2.45) is 0 Å². The van der Waals surface area contributed by atoms with Crippen LogP contribution in [0.5, 0.6) is 0 Å². The van der Waals surface area contributed by atoms with Crippen molar-refractivity contribution in [1.82, 2.24) is 5.32 Å². The number of halogens is 3. The fraction of sp³-hybridized carbons (Fsp3) is 0.364.